The van der Waals surface area contributed by atoms with E-state index in [0.717, 1.165) is 49.1 Å². The highest BCUT2D eigenvalue weighted by Gasteiger charge is 2.15. The summed E-state index contributed by atoms with van der Waals surface area (Å²) in [5.41, 5.74) is 2.20. The number of rotatable bonds is 3. The Bertz CT molecular complexity index is 570. The van der Waals surface area contributed by atoms with E-state index in [1.165, 1.54) is 0 Å². The van der Waals surface area contributed by atoms with Gasteiger partial charge in [0.15, 0.2) is 5.82 Å². The van der Waals surface area contributed by atoms with Crippen molar-refractivity contribution in [2.24, 2.45) is 0 Å². The van der Waals surface area contributed by atoms with E-state index >= 15 is 0 Å². The molecule has 0 aliphatic carbocycles. The zero-order valence-corrected chi connectivity index (χ0v) is 12.0. The molecule has 106 valence electrons. The SMILES string of the molecule is COc1ccc(-n2nc(N3CCNCC3)cc2C)cc1. The van der Waals surface area contributed by atoms with Crippen LogP contribution in [0.1, 0.15) is 5.69 Å². The smallest absolute Gasteiger partial charge is 0.151 e. The monoisotopic (exact) mass is 272 g/mol. The van der Waals surface area contributed by atoms with Crippen molar-refractivity contribution in [1.29, 1.82) is 0 Å². The summed E-state index contributed by atoms with van der Waals surface area (Å²) in [5.74, 6) is 1.92. The van der Waals surface area contributed by atoms with E-state index in [0.29, 0.717) is 0 Å². The maximum atomic E-state index is 5.19. The van der Waals surface area contributed by atoms with Gasteiger partial charge in [0.25, 0.3) is 0 Å². The van der Waals surface area contributed by atoms with Crippen LogP contribution in [0.2, 0.25) is 0 Å². The molecule has 5 heteroatoms. The lowest BCUT2D eigenvalue weighted by Crippen LogP contribution is -2.43. The summed E-state index contributed by atoms with van der Waals surface area (Å²) >= 11 is 0. The number of benzene rings is 1. The quantitative estimate of drug-likeness (QED) is 0.921. The van der Waals surface area contributed by atoms with Gasteiger partial charge < -0.3 is 15.0 Å². The van der Waals surface area contributed by atoms with Crippen molar-refractivity contribution < 1.29 is 4.74 Å². The number of nitrogens with zero attached hydrogens (tertiary/aromatic N) is 3. The lowest BCUT2D eigenvalue weighted by Gasteiger charge is -2.27. The van der Waals surface area contributed by atoms with Gasteiger partial charge in [0, 0.05) is 37.9 Å². The minimum atomic E-state index is 0.862. The highest BCUT2D eigenvalue weighted by atomic mass is 16.5. The Morgan fingerprint density at radius 2 is 1.85 bits per heavy atom. The summed E-state index contributed by atoms with van der Waals surface area (Å²) in [5, 5.41) is 8.09. The van der Waals surface area contributed by atoms with Gasteiger partial charge in [-0.05, 0) is 31.2 Å². The first-order chi connectivity index (χ1) is 9.78. The number of hydrogen-bond donors (Lipinski definition) is 1. The molecule has 0 atom stereocenters. The number of piperazine rings is 1. The average Bonchev–Trinajstić information content (AvgIpc) is 2.90. The van der Waals surface area contributed by atoms with Crippen molar-refractivity contribution in [3.63, 3.8) is 0 Å². The van der Waals surface area contributed by atoms with Crippen LogP contribution in [0.15, 0.2) is 30.3 Å². The van der Waals surface area contributed by atoms with E-state index < -0.39 is 0 Å². The standard InChI is InChI=1S/C15H20N4O/c1-12-11-15(18-9-7-16-8-10-18)17-19(12)13-3-5-14(20-2)6-4-13/h3-6,11,16H,7-10H2,1-2H3. The molecule has 0 unspecified atom stereocenters. The normalized spacial score (nSPS) is 15.4. The number of methoxy groups -OCH3 is 1. The van der Waals surface area contributed by atoms with E-state index in [4.69, 9.17) is 9.84 Å². The number of anilines is 1. The van der Waals surface area contributed by atoms with Crippen molar-refractivity contribution in [1.82, 2.24) is 15.1 Å². The molecule has 20 heavy (non-hydrogen) atoms. The summed E-state index contributed by atoms with van der Waals surface area (Å²) in [4.78, 5) is 2.32. The van der Waals surface area contributed by atoms with Crippen molar-refractivity contribution in [3.05, 3.63) is 36.0 Å². The maximum Gasteiger partial charge on any atom is 0.151 e. The van der Waals surface area contributed by atoms with Gasteiger partial charge in [0.2, 0.25) is 0 Å². The molecule has 0 bridgehead atoms. The van der Waals surface area contributed by atoms with Crippen molar-refractivity contribution >= 4 is 5.82 Å². The van der Waals surface area contributed by atoms with Crippen LogP contribution in [0.4, 0.5) is 5.82 Å². The second kappa shape index (κ2) is 5.54. The average molecular weight is 272 g/mol. The first kappa shape index (κ1) is 13.0. The molecule has 0 amide bonds. The number of nitrogens with one attached hydrogen (secondary N) is 1. The van der Waals surface area contributed by atoms with Crippen LogP contribution >= 0.6 is 0 Å². The van der Waals surface area contributed by atoms with Gasteiger partial charge >= 0.3 is 0 Å². The minimum Gasteiger partial charge on any atom is -0.497 e. The fourth-order valence-electron chi connectivity index (χ4n) is 2.49. The Labute approximate surface area is 119 Å². The van der Waals surface area contributed by atoms with Crippen LogP contribution in [-0.4, -0.2) is 43.1 Å². The minimum absolute atomic E-state index is 0.862. The zero-order chi connectivity index (χ0) is 13.9. The molecule has 5 nitrogen and oxygen atoms in total. The third kappa shape index (κ3) is 2.49. The third-order valence-corrected chi connectivity index (χ3v) is 3.63. The highest BCUT2D eigenvalue weighted by Crippen LogP contribution is 2.20. The Kier molecular flexibility index (Phi) is 3.60. The molecule has 0 spiro atoms. The predicted molar refractivity (Wildman–Crippen MR) is 79.9 cm³/mol. The molecule has 1 aromatic carbocycles. The number of hydrogen-bond acceptors (Lipinski definition) is 4. The largest absolute Gasteiger partial charge is 0.497 e. The zero-order valence-electron chi connectivity index (χ0n) is 12.0. The number of aryl methyl sites for hydroxylation is 1. The fourth-order valence-corrected chi connectivity index (χ4v) is 2.49. The molecule has 2 heterocycles. The van der Waals surface area contributed by atoms with Crippen molar-refractivity contribution in [2.75, 3.05) is 38.2 Å². The Hall–Kier alpha value is -2.01. The Morgan fingerprint density at radius 1 is 1.15 bits per heavy atom. The highest BCUT2D eigenvalue weighted by molar-refractivity contribution is 5.45. The van der Waals surface area contributed by atoms with Gasteiger partial charge in [-0.3, -0.25) is 0 Å². The molecule has 2 aromatic rings. The fraction of sp³-hybridized carbons (Fsp3) is 0.400. The van der Waals surface area contributed by atoms with Gasteiger partial charge in [-0.2, -0.15) is 5.10 Å². The molecule has 1 fully saturated rings. The number of aromatic nitrogens is 2. The van der Waals surface area contributed by atoms with Gasteiger partial charge in [-0.1, -0.05) is 0 Å². The maximum absolute atomic E-state index is 5.19. The molecule has 1 aliphatic rings. The second-order valence-corrected chi connectivity index (χ2v) is 4.99. The Balaban J connectivity index is 1.87. The van der Waals surface area contributed by atoms with Gasteiger partial charge in [-0.25, -0.2) is 4.68 Å². The summed E-state index contributed by atoms with van der Waals surface area (Å²) in [7, 11) is 1.68. The lowest BCUT2D eigenvalue weighted by molar-refractivity contribution is 0.414. The van der Waals surface area contributed by atoms with Crippen molar-refractivity contribution in [2.45, 2.75) is 6.92 Å². The van der Waals surface area contributed by atoms with E-state index in [1.54, 1.807) is 7.11 Å². The summed E-state index contributed by atoms with van der Waals surface area (Å²) in [6.45, 7) is 6.16. The Morgan fingerprint density at radius 3 is 2.50 bits per heavy atom. The summed E-state index contributed by atoms with van der Waals surface area (Å²) in [6.07, 6.45) is 0. The van der Waals surface area contributed by atoms with E-state index in [2.05, 4.69) is 23.2 Å². The molecule has 1 aliphatic heterocycles. The topological polar surface area (TPSA) is 42.3 Å². The van der Waals surface area contributed by atoms with Crippen LogP contribution < -0.4 is 15.0 Å². The van der Waals surface area contributed by atoms with Crippen LogP contribution in [0.3, 0.4) is 0 Å². The molecule has 1 saturated heterocycles. The van der Waals surface area contributed by atoms with E-state index in [9.17, 15) is 0 Å². The first-order valence-corrected chi connectivity index (χ1v) is 6.95. The molecular weight excluding hydrogens is 252 g/mol. The molecule has 1 N–H and O–H groups in total. The summed E-state index contributed by atoms with van der Waals surface area (Å²) in [6, 6.07) is 10.1. The first-order valence-electron chi connectivity index (χ1n) is 6.95. The van der Waals surface area contributed by atoms with Gasteiger partial charge in [-0.15, -0.1) is 0 Å². The van der Waals surface area contributed by atoms with Crippen LogP contribution in [-0.2, 0) is 0 Å². The van der Waals surface area contributed by atoms with Gasteiger partial charge in [0.1, 0.15) is 5.75 Å². The van der Waals surface area contributed by atoms with E-state index in [1.807, 2.05) is 28.9 Å². The third-order valence-electron chi connectivity index (χ3n) is 3.63. The van der Waals surface area contributed by atoms with Crippen LogP contribution in [0.5, 0.6) is 5.75 Å². The van der Waals surface area contributed by atoms with Crippen LogP contribution in [0.25, 0.3) is 5.69 Å². The molecule has 0 radical (unpaired) electrons. The predicted octanol–water partition coefficient (Wildman–Crippen LogP) is 1.60. The summed E-state index contributed by atoms with van der Waals surface area (Å²) < 4.78 is 7.17. The van der Waals surface area contributed by atoms with Crippen LogP contribution in [0, 0.1) is 6.92 Å². The van der Waals surface area contributed by atoms with Crippen molar-refractivity contribution in [3.8, 4) is 11.4 Å². The van der Waals surface area contributed by atoms with Gasteiger partial charge in [0.05, 0.1) is 12.8 Å². The number of ether oxygens (including phenoxy) is 1. The molecular formula is C15H20N4O. The molecule has 3 rings (SSSR count). The molecule has 1 aromatic heterocycles. The van der Waals surface area contributed by atoms with E-state index in [-0.39, 0.29) is 0 Å². The second-order valence-electron chi connectivity index (χ2n) is 4.99. The molecule has 0 saturated carbocycles. The lowest BCUT2D eigenvalue weighted by atomic mass is 10.3.